The number of unbranched alkanes of at least 4 members (excludes halogenated alkanes) is 1. The Morgan fingerprint density at radius 1 is 1.07 bits per heavy atom. The van der Waals surface area contributed by atoms with Gasteiger partial charge in [-0.05, 0) is 36.6 Å². The zero-order valence-corrected chi connectivity index (χ0v) is 18.1. The molecule has 5 nitrogen and oxygen atoms in total. The van der Waals surface area contributed by atoms with Crippen LogP contribution in [0.15, 0.2) is 54.6 Å². The number of benzene rings is 2. The van der Waals surface area contributed by atoms with E-state index in [1.54, 1.807) is 18.2 Å². The van der Waals surface area contributed by atoms with Crippen LogP contribution in [0.5, 0.6) is 5.75 Å². The maximum atomic E-state index is 13.0. The first-order valence-corrected chi connectivity index (χ1v) is 10.8. The Balaban J connectivity index is 1.86. The highest BCUT2D eigenvalue weighted by atomic mass is 32.1. The summed E-state index contributed by atoms with van der Waals surface area (Å²) in [6.45, 7) is 4.50. The second kappa shape index (κ2) is 10.1. The summed E-state index contributed by atoms with van der Waals surface area (Å²) in [5.74, 6) is -0.343. The molecular formula is C24H26N2O3S. The van der Waals surface area contributed by atoms with Gasteiger partial charge in [0, 0.05) is 11.3 Å². The highest BCUT2D eigenvalue weighted by molar-refractivity contribution is 7.17. The van der Waals surface area contributed by atoms with Crippen LogP contribution in [0.4, 0.5) is 5.00 Å². The lowest BCUT2D eigenvalue weighted by molar-refractivity contribution is 0.100. The van der Waals surface area contributed by atoms with Crippen LogP contribution in [0, 0.1) is 6.92 Å². The number of thiophene rings is 1. The summed E-state index contributed by atoms with van der Waals surface area (Å²) in [6, 6.07) is 17.1. The van der Waals surface area contributed by atoms with E-state index < -0.39 is 5.91 Å². The molecule has 6 heteroatoms. The van der Waals surface area contributed by atoms with Crippen molar-refractivity contribution in [1.82, 2.24) is 0 Å². The molecule has 0 saturated heterocycles. The number of nitrogens with one attached hydrogen (secondary N) is 1. The number of hydrogen-bond donors (Lipinski definition) is 2. The molecule has 0 unspecified atom stereocenters. The van der Waals surface area contributed by atoms with Gasteiger partial charge in [0.1, 0.15) is 10.8 Å². The first-order valence-electron chi connectivity index (χ1n) is 10.0. The van der Waals surface area contributed by atoms with Crippen LogP contribution < -0.4 is 15.8 Å². The van der Waals surface area contributed by atoms with Gasteiger partial charge in [-0.3, -0.25) is 9.59 Å². The number of primary amides is 1. The molecule has 30 heavy (non-hydrogen) atoms. The Hall–Kier alpha value is -3.12. The molecule has 0 radical (unpaired) electrons. The lowest BCUT2D eigenvalue weighted by atomic mass is 10.1. The van der Waals surface area contributed by atoms with Gasteiger partial charge in [-0.25, -0.2) is 0 Å². The van der Waals surface area contributed by atoms with Crippen LogP contribution in [0.1, 0.15) is 56.5 Å². The largest absolute Gasteiger partial charge is 0.493 e. The van der Waals surface area contributed by atoms with Gasteiger partial charge < -0.3 is 15.8 Å². The zero-order valence-electron chi connectivity index (χ0n) is 17.2. The van der Waals surface area contributed by atoms with Crippen molar-refractivity contribution in [3.63, 3.8) is 0 Å². The summed E-state index contributed by atoms with van der Waals surface area (Å²) < 4.78 is 5.77. The summed E-state index contributed by atoms with van der Waals surface area (Å²) in [6.07, 6.45) is 2.59. The van der Waals surface area contributed by atoms with Gasteiger partial charge in [0.05, 0.1) is 17.7 Å². The number of carbonyl (C=O) groups excluding carboxylic acids is 2. The molecule has 0 saturated carbocycles. The minimum Gasteiger partial charge on any atom is -0.493 e. The summed E-state index contributed by atoms with van der Waals surface area (Å²) >= 11 is 1.39. The second-order valence-electron chi connectivity index (χ2n) is 7.03. The van der Waals surface area contributed by atoms with E-state index in [9.17, 15) is 9.59 Å². The average Bonchev–Trinajstić information content (AvgIpc) is 3.04. The first kappa shape index (κ1) is 21.6. The second-order valence-corrected chi connectivity index (χ2v) is 8.14. The predicted molar refractivity (Wildman–Crippen MR) is 122 cm³/mol. The molecule has 2 amide bonds. The van der Waals surface area contributed by atoms with Crippen molar-refractivity contribution >= 4 is 28.2 Å². The fourth-order valence-electron chi connectivity index (χ4n) is 3.17. The van der Waals surface area contributed by atoms with E-state index in [1.807, 2.05) is 43.3 Å². The minimum absolute atomic E-state index is 0.322. The molecular weight excluding hydrogens is 396 g/mol. The third kappa shape index (κ3) is 5.07. The Morgan fingerprint density at radius 2 is 1.77 bits per heavy atom. The molecule has 0 aliphatic rings. The van der Waals surface area contributed by atoms with Crippen molar-refractivity contribution in [3.8, 4) is 5.75 Å². The van der Waals surface area contributed by atoms with Crippen LogP contribution in [0.3, 0.4) is 0 Å². The molecule has 0 atom stereocenters. The molecule has 2 aromatic carbocycles. The van der Waals surface area contributed by atoms with Gasteiger partial charge in [0.25, 0.3) is 11.8 Å². The highest BCUT2D eigenvalue weighted by Crippen LogP contribution is 2.35. The molecule has 156 valence electrons. The number of ether oxygens (including phenoxy) is 1. The minimum atomic E-state index is -0.550. The molecule has 3 rings (SSSR count). The van der Waals surface area contributed by atoms with E-state index in [2.05, 4.69) is 12.2 Å². The van der Waals surface area contributed by atoms with Gasteiger partial charge in [-0.1, -0.05) is 55.8 Å². The van der Waals surface area contributed by atoms with Gasteiger partial charge >= 0.3 is 0 Å². The number of nitrogens with two attached hydrogens (primary N) is 1. The first-order chi connectivity index (χ1) is 14.5. The van der Waals surface area contributed by atoms with Crippen LogP contribution in [0.25, 0.3) is 0 Å². The van der Waals surface area contributed by atoms with Crippen molar-refractivity contribution < 1.29 is 14.3 Å². The van der Waals surface area contributed by atoms with Crippen LogP contribution in [-0.4, -0.2) is 18.4 Å². The SMILES string of the molecule is CCCCOc1ccccc1C(=O)Nc1sc(Cc2ccccc2)c(C)c1C(N)=O. The van der Waals surface area contributed by atoms with Gasteiger partial charge in [0.15, 0.2) is 0 Å². The van der Waals surface area contributed by atoms with Crippen LogP contribution in [-0.2, 0) is 6.42 Å². The molecule has 3 N–H and O–H groups in total. The fraction of sp³-hybridized carbons (Fsp3) is 0.250. The van der Waals surface area contributed by atoms with Gasteiger partial charge in [-0.2, -0.15) is 0 Å². The molecule has 0 fully saturated rings. The number of rotatable bonds is 9. The van der Waals surface area contributed by atoms with E-state index in [1.165, 1.54) is 11.3 Å². The standard InChI is InChI=1S/C24H26N2O3S/c1-3-4-14-29-19-13-9-8-12-18(19)23(28)26-24-21(22(25)27)16(2)20(30-24)15-17-10-6-5-7-11-17/h5-13H,3-4,14-15H2,1-2H3,(H2,25,27)(H,26,28). The average molecular weight is 423 g/mol. The monoisotopic (exact) mass is 422 g/mol. The van der Waals surface area contributed by atoms with E-state index >= 15 is 0 Å². The number of para-hydroxylation sites is 1. The lowest BCUT2D eigenvalue weighted by Crippen LogP contribution is -2.18. The predicted octanol–water partition coefficient (Wildman–Crippen LogP) is 5.18. The van der Waals surface area contributed by atoms with Crippen molar-refractivity contribution in [2.75, 3.05) is 11.9 Å². The van der Waals surface area contributed by atoms with E-state index in [-0.39, 0.29) is 5.91 Å². The van der Waals surface area contributed by atoms with Crippen molar-refractivity contribution in [1.29, 1.82) is 0 Å². The van der Waals surface area contributed by atoms with Crippen molar-refractivity contribution in [2.24, 2.45) is 5.73 Å². The van der Waals surface area contributed by atoms with E-state index in [0.29, 0.717) is 34.9 Å². The van der Waals surface area contributed by atoms with Crippen molar-refractivity contribution in [3.05, 3.63) is 81.7 Å². The van der Waals surface area contributed by atoms with Crippen molar-refractivity contribution in [2.45, 2.75) is 33.1 Å². The lowest BCUT2D eigenvalue weighted by Gasteiger charge is -2.11. The number of anilines is 1. The molecule has 1 heterocycles. The van der Waals surface area contributed by atoms with Crippen LogP contribution >= 0.6 is 11.3 Å². The Kier molecular flexibility index (Phi) is 7.25. The summed E-state index contributed by atoms with van der Waals surface area (Å²) in [5, 5.41) is 3.36. The smallest absolute Gasteiger partial charge is 0.260 e. The Bertz CT molecular complexity index is 1030. The number of carbonyl (C=O) groups is 2. The Labute approximate surface area is 180 Å². The zero-order chi connectivity index (χ0) is 21.5. The molecule has 0 bridgehead atoms. The topological polar surface area (TPSA) is 81.4 Å². The maximum Gasteiger partial charge on any atom is 0.260 e. The molecule has 0 aliphatic heterocycles. The molecule has 0 spiro atoms. The quantitative estimate of drug-likeness (QED) is 0.466. The Morgan fingerprint density at radius 3 is 2.47 bits per heavy atom. The molecule has 0 aliphatic carbocycles. The van der Waals surface area contributed by atoms with Crippen LogP contribution in [0.2, 0.25) is 0 Å². The fourth-order valence-corrected chi connectivity index (χ4v) is 4.41. The molecule has 1 aromatic heterocycles. The third-order valence-electron chi connectivity index (χ3n) is 4.81. The van der Waals surface area contributed by atoms with Gasteiger partial charge in [0.2, 0.25) is 0 Å². The van der Waals surface area contributed by atoms with E-state index in [4.69, 9.17) is 10.5 Å². The molecule has 3 aromatic rings. The summed E-state index contributed by atoms with van der Waals surface area (Å²) in [5.41, 5.74) is 8.37. The van der Waals surface area contributed by atoms with E-state index in [0.717, 1.165) is 28.8 Å². The number of hydrogen-bond acceptors (Lipinski definition) is 4. The third-order valence-corrected chi connectivity index (χ3v) is 6.02. The summed E-state index contributed by atoms with van der Waals surface area (Å²) in [4.78, 5) is 26.1. The van der Waals surface area contributed by atoms with Gasteiger partial charge in [-0.15, -0.1) is 11.3 Å². The highest BCUT2D eigenvalue weighted by Gasteiger charge is 2.22. The normalized spacial score (nSPS) is 10.6. The summed E-state index contributed by atoms with van der Waals surface area (Å²) in [7, 11) is 0. The number of amides is 2. The maximum absolute atomic E-state index is 13.0.